The highest BCUT2D eigenvalue weighted by Gasteiger charge is 2.10. The molecule has 0 heterocycles. The van der Waals surface area contributed by atoms with Crippen LogP contribution in [0, 0.1) is 6.92 Å². The third kappa shape index (κ3) is 2.22. The number of hydrogen-bond donors (Lipinski definition) is 0. The maximum absolute atomic E-state index is 2.35. The SMILES string of the molecule is Cc1cccc(-c2cc3ccc4ccccc4c3c3ccccc23)c1. The molecule has 5 aromatic carbocycles. The second-order valence-corrected chi connectivity index (χ2v) is 6.72. The van der Waals surface area contributed by atoms with Crippen LogP contribution in [0.4, 0.5) is 0 Å². The molecule has 0 N–H and O–H groups in total. The van der Waals surface area contributed by atoms with E-state index in [1.807, 2.05) is 0 Å². The van der Waals surface area contributed by atoms with E-state index in [9.17, 15) is 0 Å². The molecule has 0 radical (unpaired) electrons. The molecule has 0 aliphatic carbocycles. The van der Waals surface area contributed by atoms with Gasteiger partial charge >= 0.3 is 0 Å². The molecule has 0 atom stereocenters. The van der Waals surface area contributed by atoms with E-state index in [0.29, 0.717) is 0 Å². The van der Waals surface area contributed by atoms with Crippen molar-refractivity contribution in [1.29, 1.82) is 0 Å². The van der Waals surface area contributed by atoms with Crippen molar-refractivity contribution >= 4 is 32.3 Å². The van der Waals surface area contributed by atoms with Gasteiger partial charge < -0.3 is 0 Å². The van der Waals surface area contributed by atoms with Gasteiger partial charge in [0.2, 0.25) is 0 Å². The largest absolute Gasteiger partial charge is 0.0616 e. The van der Waals surface area contributed by atoms with E-state index < -0.39 is 0 Å². The van der Waals surface area contributed by atoms with Gasteiger partial charge in [-0.2, -0.15) is 0 Å². The Morgan fingerprint density at radius 3 is 2.08 bits per heavy atom. The Morgan fingerprint density at radius 2 is 1.24 bits per heavy atom. The Kier molecular flexibility index (Phi) is 3.11. The Morgan fingerprint density at radius 1 is 0.520 bits per heavy atom. The lowest BCUT2D eigenvalue weighted by Crippen LogP contribution is -1.86. The van der Waals surface area contributed by atoms with Crippen molar-refractivity contribution in [3.63, 3.8) is 0 Å². The van der Waals surface area contributed by atoms with Crippen molar-refractivity contribution in [1.82, 2.24) is 0 Å². The predicted octanol–water partition coefficient (Wildman–Crippen LogP) is 7.12. The first kappa shape index (κ1) is 14.2. The summed E-state index contributed by atoms with van der Waals surface area (Å²) in [5, 5.41) is 7.92. The molecular weight excluding hydrogens is 300 g/mol. The average Bonchev–Trinajstić information content (AvgIpc) is 2.67. The van der Waals surface area contributed by atoms with Gasteiger partial charge in [-0.05, 0) is 56.4 Å². The molecular formula is C25H18. The second kappa shape index (κ2) is 5.46. The van der Waals surface area contributed by atoms with Crippen LogP contribution in [0.5, 0.6) is 0 Å². The fourth-order valence-electron chi connectivity index (χ4n) is 3.93. The Balaban J connectivity index is 1.99. The van der Waals surface area contributed by atoms with Gasteiger partial charge in [0.1, 0.15) is 0 Å². The van der Waals surface area contributed by atoms with Crippen molar-refractivity contribution in [2.45, 2.75) is 6.92 Å². The lowest BCUT2D eigenvalue weighted by atomic mass is 9.90. The molecule has 0 saturated carbocycles. The summed E-state index contributed by atoms with van der Waals surface area (Å²) >= 11 is 0. The minimum Gasteiger partial charge on any atom is -0.0616 e. The van der Waals surface area contributed by atoms with Crippen LogP contribution in [0.25, 0.3) is 43.4 Å². The number of rotatable bonds is 1. The normalized spacial score (nSPS) is 11.4. The summed E-state index contributed by atoms with van der Waals surface area (Å²) in [7, 11) is 0. The Hall–Kier alpha value is -3.12. The van der Waals surface area contributed by atoms with Crippen molar-refractivity contribution in [2.75, 3.05) is 0 Å². The zero-order valence-corrected chi connectivity index (χ0v) is 14.2. The minimum absolute atomic E-state index is 1.28. The first-order valence-corrected chi connectivity index (χ1v) is 8.71. The second-order valence-electron chi connectivity index (χ2n) is 6.72. The highest BCUT2D eigenvalue weighted by Crippen LogP contribution is 2.38. The summed E-state index contributed by atoms with van der Waals surface area (Å²) in [6.45, 7) is 2.15. The van der Waals surface area contributed by atoms with Crippen molar-refractivity contribution in [3.05, 3.63) is 96.6 Å². The zero-order chi connectivity index (χ0) is 16.8. The number of hydrogen-bond acceptors (Lipinski definition) is 0. The lowest BCUT2D eigenvalue weighted by molar-refractivity contribution is 1.47. The van der Waals surface area contributed by atoms with Gasteiger partial charge in [0.15, 0.2) is 0 Å². The molecule has 118 valence electrons. The van der Waals surface area contributed by atoms with E-state index >= 15 is 0 Å². The first-order chi connectivity index (χ1) is 12.3. The third-order valence-corrected chi connectivity index (χ3v) is 5.08. The molecule has 0 aromatic heterocycles. The highest BCUT2D eigenvalue weighted by atomic mass is 14.1. The minimum atomic E-state index is 1.28. The molecule has 0 bridgehead atoms. The van der Waals surface area contributed by atoms with Gasteiger partial charge in [-0.15, -0.1) is 0 Å². The van der Waals surface area contributed by atoms with Gasteiger partial charge in [0.25, 0.3) is 0 Å². The van der Waals surface area contributed by atoms with Crippen molar-refractivity contribution < 1.29 is 0 Å². The van der Waals surface area contributed by atoms with Gasteiger partial charge in [-0.3, -0.25) is 0 Å². The number of aryl methyl sites for hydroxylation is 1. The van der Waals surface area contributed by atoms with Crippen LogP contribution in [0.2, 0.25) is 0 Å². The molecule has 5 aromatic rings. The predicted molar refractivity (Wildman–Crippen MR) is 109 cm³/mol. The van der Waals surface area contributed by atoms with Crippen molar-refractivity contribution in [2.24, 2.45) is 0 Å². The Labute approximate surface area is 147 Å². The molecule has 0 fully saturated rings. The van der Waals surface area contributed by atoms with Crippen LogP contribution in [0.15, 0.2) is 91.0 Å². The number of benzene rings is 5. The molecule has 0 aliphatic heterocycles. The number of fused-ring (bicyclic) bond motifs is 5. The molecule has 0 amide bonds. The summed E-state index contributed by atoms with van der Waals surface area (Å²) in [5.41, 5.74) is 3.88. The molecule has 0 heteroatoms. The third-order valence-electron chi connectivity index (χ3n) is 5.08. The topological polar surface area (TPSA) is 0 Å². The first-order valence-electron chi connectivity index (χ1n) is 8.71. The van der Waals surface area contributed by atoms with Crippen molar-refractivity contribution in [3.8, 4) is 11.1 Å². The molecule has 0 aliphatic rings. The van der Waals surface area contributed by atoms with Crippen LogP contribution >= 0.6 is 0 Å². The molecule has 25 heavy (non-hydrogen) atoms. The van der Waals surface area contributed by atoms with Crippen LogP contribution in [0.1, 0.15) is 5.56 Å². The smallest absolute Gasteiger partial charge is 0.00264 e. The van der Waals surface area contributed by atoms with E-state index in [0.717, 1.165) is 0 Å². The molecule has 0 nitrogen and oxygen atoms in total. The van der Waals surface area contributed by atoms with Gasteiger partial charge in [0.05, 0.1) is 0 Å². The van der Waals surface area contributed by atoms with E-state index in [-0.39, 0.29) is 0 Å². The standard InChI is InChI=1S/C25H18/c1-17-7-6-9-19(15-17)24-16-20-14-13-18-8-2-3-10-21(18)25(20)23-12-5-4-11-22(23)24/h2-16H,1H3. The summed E-state index contributed by atoms with van der Waals surface area (Å²) in [5.74, 6) is 0. The van der Waals surface area contributed by atoms with E-state index in [1.165, 1.54) is 49.0 Å². The molecule has 0 spiro atoms. The fourth-order valence-corrected chi connectivity index (χ4v) is 3.93. The Bertz CT molecular complexity index is 1250. The maximum Gasteiger partial charge on any atom is -0.00264 e. The summed E-state index contributed by atoms with van der Waals surface area (Å²) in [6, 6.07) is 33.0. The zero-order valence-electron chi connectivity index (χ0n) is 14.2. The van der Waals surface area contributed by atoms with E-state index in [1.54, 1.807) is 0 Å². The van der Waals surface area contributed by atoms with Gasteiger partial charge in [-0.1, -0.05) is 90.5 Å². The van der Waals surface area contributed by atoms with Crippen LogP contribution < -0.4 is 0 Å². The summed E-state index contributed by atoms with van der Waals surface area (Å²) < 4.78 is 0. The van der Waals surface area contributed by atoms with Crippen LogP contribution in [0.3, 0.4) is 0 Å². The summed E-state index contributed by atoms with van der Waals surface area (Å²) in [4.78, 5) is 0. The average molecular weight is 318 g/mol. The van der Waals surface area contributed by atoms with Gasteiger partial charge in [-0.25, -0.2) is 0 Å². The van der Waals surface area contributed by atoms with Crippen LogP contribution in [-0.4, -0.2) is 0 Å². The fraction of sp³-hybridized carbons (Fsp3) is 0.0400. The highest BCUT2D eigenvalue weighted by molar-refractivity contribution is 6.23. The molecule has 0 unspecified atom stereocenters. The quantitative estimate of drug-likeness (QED) is 0.289. The lowest BCUT2D eigenvalue weighted by Gasteiger charge is -2.13. The monoisotopic (exact) mass is 318 g/mol. The van der Waals surface area contributed by atoms with Crippen LogP contribution in [-0.2, 0) is 0 Å². The summed E-state index contributed by atoms with van der Waals surface area (Å²) in [6.07, 6.45) is 0. The molecule has 5 rings (SSSR count). The van der Waals surface area contributed by atoms with Gasteiger partial charge in [0, 0.05) is 0 Å². The maximum atomic E-state index is 2.35. The van der Waals surface area contributed by atoms with E-state index in [4.69, 9.17) is 0 Å². The van der Waals surface area contributed by atoms with E-state index in [2.05, 4.69) is 97.9 Å². The molecule has 0 saturated heterocycles.